The lowest BCUT2D eigenvalue weighted by Gasteiger charge is -2.16. The van der Waals surface area contributed by atoms with E-state index >= 15 is 0 Å². The molecule has 1 aromatic heterocycles. The lowest BCUT2D eigenvalue weighted by Crippen LogP contribution is -2.30. The van der Waals surface area contributed by atoms with E-state index in [1.807, 2.05) is 19.1 Å². The van der Waals surface area contributed by atoms with Crippen molar-refractivity contribution in [1.29, 1.82) is 0 Å². The highest BCUT2D eigenvalue weighted by Crippen LogP contribution is 2.23. The molecule has 1 atom stereocenters. The van der Waals surface area contributed by atoms with Gasteiger partial charge >= 0.3 is 0 Å². The zero-order valence-corrected chi connectivity index (χ0v) is 12.5. The number of nitrogens with one attached hydrogen (secondary N) is 1. The summed E-state index contributed by atoms with van der Waals surface area (Å²) in [6.45, 7) is 2.02. The maximum atomic E-state index is 5.65. The Morgan fingerprint density at radius 3 is 2.82 bits per heavy atom. The number of hydrogen-bond acceptors (Lipinski definition) is 4. The summed E-state index contributed by atoms with van der Waals surface area (Å²) in [6.07, 6.45) is 0.820. The second kappa shape index (κ2) is 5.90. The van der Waals surface area contributed by atoms with Crippen LogP contribution in [0.25, 0.3) is 0 Å². The van der Waals surface area contributed by atoms with Crippen molar-refractivity contribution in [3.05, 3.63) is 49.5 Å². The summed E-state index contributed by atoms with van der Waals surface area (Å²) in [6, 6.07) is 8.38. The number of aromatic nitrogens is 1. The lowest BCUT2D eigenvalue weighted by molar-refractivity contribution is 0.544. The van der Waals surface area contributed by atoms with Crippen molar-refractivity contribution in [3.63, 3.8) is 0 Å². The predicted molar refractivity (Wildman–Crippen MR) is 79.8 cm³/mol. The molecular weight excluding hydrogens is 345 g/mol. The molecule has 17 heavy (non-hydrogen) atoms. The molecule has 0 aliphatic rings. The molecule has 0 aliphatic carbocycles. The van der Waals surface area contributed by atoms with E-state index in [2.05, 4.69) is 50.5 Å². The van der Waals surface area contributed by atoms with Crippen LogP contribution in [0.4, 0.5) is 0 Å². The summed E-state index contributed by atoms with van der Waals surface area (Å²) in [4.78, 5) is 4.47. The van der Waals surface area contributed by atoms with E-state index in [-0.39, 0.29) is 6.04 Å². The third-order valence-electron chi connectivity index (χ3n) is 2.56. The highest BCUT2D eigenvalue weighted by atomic mass is 127. The van der Waals surface area contributed by atoms with Gasteiger partial charge in [-0.05, 0) is 41.1 Å². The second-order valence-electron chi connectivity index (χ2n) is 3.80. The normalized spacial score (nSPS) is 12.6. The number of nitrogens with two attached hydrogens (primary N) is 1. The van der Waals surface area contributed by atoms with Gasteiger partial charge in [-0.3, -0.25) is 11.3 Å². The molecule has 90 valence electrons. The van der Waals surface area contributed by atoms with Crippen molar-refractivity contribution in [1.82, 2.24) is 10.4 Å². The molecule has 1 heterocycles. The maximum Gasteiger partial charge on any atom is 0.0897 e. The minimum absolute atomic E-state index is 0.115. The zero-order chi connectivity index (χ0) is 12.3. The van der Waals surface area contributed by atoms with Crippen LogP contribution in [-0.4, -0.2) is 4.98 Å². The number of halogens is 1. The zero-order valence-electron chi connectivity index (χ0n) is 9.48. The van der Waals surface area contributed by atoms with Crippen molar-refractivity contribution in [3.8, 4) is 0 Å². The van der Waals surface area contributed by atoms with Gasteiger partial charge in [-0.2, -0.15) is 0 Å². The maximum absolute atomic E-state index is 5.65. The van der Waals surface area contributed by atoms with Crippen molar-refractivity contribution in [2.24, 2.45) is 5.84 Å². The van der Waals surface area contributed by atoms with E-state index in [1.165, 1.54) is 9.13 Å². The average molecular weight is 359 g/mol. The van der Waals surface area contributed by atoms with Crippen LogP contribution >= 0.6 is 33.9 Å². The van der Waals surface area contributed by atoms with E-state index in [0.717, 1.165) is 17.1 Å². The predicted octanol–water partition coefficient (Wildman–Crippen LogP) is 2.80. The van der Waals surface area contributed by atoms with Crippen molar-refractivity contribution < 1.29 is 0 Å². The van der Waals surface area contributed by atoms with Crippen LogP contribution in [0, 0.1) is 10.5 Å². The Morgan fingerprint density at radius 1 is 1.47 bits per heavy atom. The summed E-state index contributed by atoms with van der Waals surface area (Å²) >= 11 is 4.01. The molecule has 3 N–H and O–H groups in total. The van der Waals surface area contributed by atoms with Crippen LogP contribution in [0.2, 0.25) is 0 Å². The fraction of sp³-hybridized carbons (Fsp3) is 0.250. The van der Waals surface area contributed by atoms with Crippen LogP contribution in [-0.2, 0) is 6.42 Å². The number of aryl methyl sites for hydroxylation is 1. The highest BCUT2D eigenvalue weighted by Gasteiger charge is 2.14. The third kappa shape index (κ3) is 3.25. The number of hydrazine groups is 1. The smallest absolute Gasteiger partial charge is 0.0897 e. The van der Waals surface area contributed by atoms with Crippen LogP contribution in [0.5, 0.6) is 0 Å². The van der Waals surface area contributed by atoms with Crippen LogP contribution < -0.4 is 11.3 Å². The molecular formula is C12H14IN3S. The number of hydrogen-bond donors (Lipinski definition) is 2. The van der Waals surface area contributed by atoms with Gasteiger partial charge in [0, 0.05) is 15.4 Å². The molecule has 1 unspecified atom stereocenters. The molecule has 0 saturated heterocycles. The second-order valence-corrected chi connectivity index (χ2v) is 6.03. The number of rotatable bonds is 4. The van der Waals surface area contributed by atoms with Crippen LogP contribution in [0.15, 0.2) is 29.6 Å². The van der Waals surface area contributed by atoms with Gasteiger partial charge in [0.15, 0.2) is 0 Å². The topological polar surface area (TPSA) is 50.9 Å². The SMILES string of the molecule is Cc1nc(CC(NN)c2ccccc2I)cs1. The molecule has 2 aromatic rings. The first-order valence-corrected chi connectivity index (χ1v) is 7.28. The Bertz CT molecular complexity index is 498. The van der Waals surface area contributed by atoms with Crippen molar-refractivity contribution >= 4 is 33.9 Å². The van der Waals surface area contributed by atoms with E-state index in [9.17, 15) is 0 Å². The molecule has 0 spiro atoms. The summed E-state index contributed by atoms with van der Waals surface area (Å²) < 4.78 is 1.22. The number of benzene rings is 1. The first-order valence-electron chi connectivity index (χ1n) is 5.32. The van der Waals surface area contributed by atoms with E-state index in [0.29, 0.717) is 0 Å². The van der Waals surface area contributed by atoms with Gasteiger partial charge in [-0.25, -0.2) is 4.98 Å². The van der Waals surface area contributed by atoms with Gasteiger partial charge in [0.05, 0.1) is 16.7 Å². The molecule has 0 radical (unpaired) electrons. The van der Waals surface area contributed by atoms with Gasteiger partial charge in [0.1, 0.15) is 0 Å². The van der Waals surface area contributed by atoms with E-state index < -0.39 is 0 Å². The molecule has 0 bridgehead atoms. The Labute approximate surface area is 119 Å². The summed E-state index contributed by atoms with van der Waals surface area (Å²) in [5, 5.41) is 3.19. The largest absolute Gasteiger partial charge is 0.271 e. The summed E-state index contributed by atoms with van der Waals surface area (Å²) in [7, 11) is 0. The quantitative estimate of drug-likeness (QED) is 0.502. The van der Waals surface area contributed by atoms with E-state index in [4.69, 9.17) is 5.84 Å². The van der Waals surface area contributed by atoms with Crippen LogP contribution in [0.1, 0.15) is 22.3 Å². The Balaban J connectivity index is 2.20. The summed E-state index contributed by atoms with van der Waals surface area (Å²) in [5.41, 5.74) is 5.19. The molecule has 0 aliphatic heterocycles. The first kappa shape index (κ1) is 12.9. The van der Waals surface area contributed by atoms with E-state index in [1.54, 1.807) is 11.3 Å². The molecule has 0 fully saturated rings. The minimum Gasteiger partial charge on any atom is -0.271 e. The standard InChI is InChI=1S/C12H14IN3S/c1-8-15-9(7-17-8)6-12(16-14)10-4-2-3-5-11(10)13/h2-5,7,12,16H,6,14H2,1H3. The first-order chi connectivity index (χ1) is 8.20. The lowest BCUT2D eigenvalue weighted by atomic mass is 10.0. The Hall–Kier alpha value is -0.500. The average Bonchev–Trinajstić information content (AvgIpc) is 2.73. The highest BCUT2D eigenvalue weighted by molar-refractivity contribution is 14.1. The number of thiazole rings is 1. The van der Waals surface area contributed by atoms with Gasteiger partial charge in [0.2, 0.25) is 0 Å². The van der Waals surface area contributed by atoms with Gasteiger partial charge in [-0.15, -0.1) is 11.3 Å². The molecule has 0 amide bonds. The fourth-order valence-electron chi connectivity index (χ4n) is 1.73. The Morgan fingerprint density at radius 2 is 2.24 bits per heavy atom. The van der Waals surface area contributed by atoms with Crippen molar-refractivity contribution in [2.45, 2.75) is 19.4 Å². The Kier molecular flexibility index (Phi) is 4.49. The molecule has 0 saturated carbocycles. The monoisotopic (exact) mass is 359 g/mol. The molecule has 3 nitrogen and oxygen atoms in total. The molecule has 2 rings (SSSR count). The molecule has 1 aromatic carbocycles. The van der Waals surface area contributed by atoms with Gasteiger partial charge < -0.3 is 0 Å². The van der Waals surface area contributed by atoms with Crippen molar-refractivity contribution in [2.75, 3.05) is 0 Å². The fourth-order valence-corrected chi connectivity index (χ4v) is 3.12. The summed E-state index contributed by atoms with van der Waals surface area (Å²) in [5.74, 6) is 5.65. The minimum atomic E-state index is 0.115. The molecule has 5 heteroatoms. The van der Waals surface area contributed by atoms with Crippen LogP contribution in [0.3, 0.4) is 0 Å². The third-order valence-corrected chi connectivity index (χ3v) is 4.37. The van der Waals surface area contributed by atoms with Gasteiger partial charge in [0.25, 0.3) is 0 Å². The number of nitrogens with zero attached hydrogens (tertiary/aromatic N) is 1. The van der Waals surface area contributed by atoms with Gasteiger partial charge in [-0.1, -0.05) is 18.2 Å².